The number of fused-ring (bicyclic) bond motifs is 1. The van der Waals surface area contributed by atoms with Crippen molar-refractivity contribution in [1.29, 1.82) is 0 Å². The molecule has 1 fully saturated rings. The van der Waals surface area contributed by atoms with Crippen LogP contribution in [0.3, 0.4) is 0 Å². The molecule has 0 aliphatic carbocycles. The van der Waals surface area contributed by atoms with E-state index in [1.165, 1.54) is 17.3 Å². The third-order valence-corrected chi connectivity index (χ3v) is 7.49. The van der Waals surface area contributed by atoms with Gasteiger partial charge in [-0.1, -0.05) is 42.5 Å². The van der Waals surface area contributed by atoms with Gasteiger partial charge in [-0.15, -0.1) is 11.8 Å². The maximum Gasteiger partial charge on any atom is 0.238 e. The summed E-state index contributed by atoms with van der Waals surface area (Å²) in [4.78, 5) is 30.8. The summed E-state index contributed by atoms with van der Waals surface area (Å²) in [5.74, 6) is -0.282. The monoisotopic (exact) mass is 472 g/mol. The Balaban J connectivity index is 1.11. The Bertz CT molecular complexity index is 1140. The second-order valence-electron chi connectivity index (χ2n) is 8.64. The van der Waals surface area contributed by atoms with Crippen molar-refractivity contribution in [2.75, 3.05) is 41.7 Å². The van der Waals surface area contributed by atoms with Gasteiger partial charge in [-0.05, 0) is 42.0 Å². The van der Waals surface area contributed by atoms with Gasteiger partial charge in [0, 0.05) is 55.4 Å². The Morgan fingerprint density at radius 3 is 2.38 bits per heavy atom. The van der Waals surface area contributed by atoms with E-state index in [4.69, 9.17) is 0 Å². The van der Waals surface area contributed by atoms with Gasteiger partial charge in [0.25, 0.3) is 0 Å². The molecule has 1 saturated heterocycles. The topological polar surface area (TPSA) is 64.7 Å². The van der Waals surface area contributed by atoms with Crippen LogP contribution in [0.1, 0.15) is 12.0 Å². The van der Waals surface area contributed by atoms with Crippen molar-refractivity contribution in [3.05, 3.63) is 84.4 Å². The number of carbonyl (C=O) groups excluding carboxylic acids is 2. The van der Waals surface area contributed by atoms with Crippen LogP contribution in [0.25, 0.3) is 0 Å². The van der Waals surface area contributed by atoms with Crippen molar-refractivity contribution in [3.63, 3.8) is 0 Å². The van der Waals surface area contributed by atoms with Gasteiger partial charge in [0.2, 0.25) is 11.8 Å². The predicted molar refractivity (Wildman–Crippen MR) is 138 cm³/mol. The summed E-state index contributed by atoms with van der Waals surface area (Å²) in [5, 5.41) is 5.40. The lowest BCUT2D eigenvalue weighted by Gasteiger charge is -2.36. The standard InChI is InChI=1S/C27H28N4O2S/c32-26(18-25-27(33)29-23-8-4-5-9-24(23)34-25)28-21-10-12-22(13-11-21)31-16-14-30(15-17-31)19-20-6-2-1-3-7-20/h1-13,25H,14-19H2,(H,28,32)(H,29,33). The van der Waals surface area contributed by atoms with Crippen LogP contribution in [0.4, 0.5) is 17.1 Å². The van der Waals surface area contributed by atoms with Crippen molar-refractivity contribution in [2.24, 2.45) is 0 Å². The Morgan fingerprint density at radius 1 is 0.912 bits per heavy atom. The lowest BCUT2D eigenvalue weighted by atomic mass is 10.2. The van der Waals surface area contributed by atoms with Crippen LogP contribution in [-0.4, -0.2) is 48.1 Å². The number of thioether (sulfide) groups is 1. The molecule has 5 rings (SSSR count). The van der Waals surface area contributed by atoms with E-state index in [2.05, 4.69) is 62.9 Å². The maximum absolute atomic E-state index is 12.6. The zero-order valence-corrected chi connectivity index (χ0v) is 19.8. The molecule has 1 unspecified atom stereocenters. The predicted octanol–water partition coefficient (Wildman–Crippen LogP) is 4.45. The first-order valence-corrected chi connectivity index (χ1v) is 12.5. The van der Waals surface area contributed by atoms with Gasteiger partial charge in [0.05, 0.1) is 10.9 Å². The van der Waals surface area contributed by atoms with Crippen LogP contribution in [0.15, 0.2) is 83.8 Å². The van der Waals surface area contributed by atoms with Crippen LogP contribution in [0.5, 0.6) is 0 Å². The van der Waals surface area contributed by atoms with Gasteiger partial charge < -0.3 is 15.5 Å². The van der Waals surface area contributed by atoms with E-state index in [1.54, 1.807) is 0 Å². The second-order valence-corrected chi connectivity index (χ2v) is 9.88. The summed E-state index contributed by atoms with van der Waals surface area (Å²) in [6.07, 6.45) is 0.135. The molecule has 2 N–H and O–H groups in total. The zero-order chi connectivity index (χ0) is 23.3. The largest absolute Gasteiger partial charge is 0.369 e. The molecular weight excluding hydrogens is 444 g/mol. The number of nitrogens with zero attached hydrogens (tertiary/aromatic N) is 2. The minimum Gasteiger partial charge on any atom is -0.369 e. The number of rotatable bonds is 6. The van der Waals surface area contributed by atoms with Gasteiger partial charge >= 0.3 is 0 Å². The van der Waals surface area contributed by atoms with E-state index in [-0.39, 0.29) is 18.2 Å². The fourth-order valence-electron chi connectivity index (χ4n) is 4.37. The van der Waals surface area contributed by atoms with Crippen molar-refractivity contribution >= 4 is 40.6 Å². The highest BCUT2D eigenvalue weighted by molar-refractivity contribution is 8.01. The van der Waals surface area contributed by atoms with E-state index < -0.39 is 5.25 Å². The molecule has 3 aromatic carbocycles. The Morgan fingerprint density at radius 2 is 1.62 bits per heavy atom. The quantitative estimate of drug-likeness (QED) is 0.555. The first-order valence-electron chi connectivity index (χ1n) is 11.6. The lowest BCUT2D eigenvalue weighted by Crippen LogP contribution is -2.45. The number of hydrogen-bond acceptors (Lipinski definition) is 5. The first-order chi connectivity index (χ1) is 16.6. The minimum absolute atomic E-state index is 0.124. The van der Waals surface area contributed by atoms with E-state index in [0.29, 0.717) is 0 Å². The Kier molecular flexibility index (Phi) is 6.83. The number of anilines is 3. The number of benzene rings is 3. The summed E-state index contributed by atoms with van der Waals surface area (Å²) >= 11 is 1.44. The molecule has 34 heavy (non-hydrogen) atoms. The molecule has 174 valence electrons. The van der Waals surface area contributed by atoms with Crippen molar-refractivity contribution in [3.8, 4) is 0 Å². The van der Waals surface area contributed by atoms with Gasteiger partial charge in [-0.2, -0.15) is 0 Å². The Hall–Kier alpha value is -3.29. The average molecular weight is 473 g/mol. The molecule has 0 saturated carbocycles. The average Bonchev–Trinajstić information content (AvgIpc) is 2.86. The fraction of sp³-hybridized carbons (Fsp3) is 0.259. The lowest BCUT2D eigenvalue weighted by molar-refractivity contribution is -0.120. The SMILES string of the molecule is O=C(CC1Sc2ccccc2NC1=O)Nc1ccc(N2CCN(Cc3ccccc3)CC2)cc1. The molecule has 0 spiro atoms. The molecule has 1 atom stereocenters. The summed E-state index contributed by atoms with van der Waals surface area (Å²) in [6, 6.07) is 26.2. The van der Waals surface area contributed by atoms with Crippen molar-refractivity contribution in [2.45, 2.75) is 23.1 Å². The molecule has 2 amide bonds. The molecule has 2 aliphatic heterocycles. The van der Waals surface area contributed by atoms with E-state index in [9.17, 15) is 9.59 Å². The van der Waals surface area contributed by atoms with Crippen LogP contribution in [-0.2, 0) is 16.1 Å². The maximum atomic E-state index is 12.6. The highest BCUT2D eigenvalue weighted by Gasteiger charge is 2.28. The van der Waals surface area contributed by atoms with E-state index >= 15 is 0 Å². The summed E-state index contributed by atoms with van der Waals surface area (Å²) in [7, 11) is 0. The summed E-state index contributed by atoms with van der Waals surface area (Å²) in [5.41, 5.74) is 4.07. The van der Waals surface area contributed by atoms with Gasteiger partial charge in [-0.3, -0.25) is 14.5 Å². The highest BCUT2D eigenvalue weighted by Crippen LogP contribution is 2.36. The van der Waals surface area contributed by atoms with Crippen molar-refractivity contribution < 1.29 is 9.59 Å². The number of hydrogen-bond donors (Lipinski definition) is 2. The van der Waals surface area contributed by atoms with Crippen LogP contribution < -0.4 is 15.5 Å². The van der Waals surface area contributed by atoms with Crippen molar-refractivity contribution in [1.82, 2.24) is 4.90 Å². The minimum atomic E-state index is -0.429. The molecule has 2 aliphatic rings. The van der Waals surface area contributed by atoms with Gasteiger partial charge in [-0.25, -0.2) is 0 Å². The molecule has 6 nitrogen and oxygen atoms in total. The third-order valence-electron chi connectivity index (χ3n) is 6.21. The van der Waals surface area contributed by atoms with Crippen LogP contribution in [0, 0.1) is 0 Å². The third kappa shape index (κ3) is 5.43. The zero-order valence-electron chi connectivity index (χ0n) is 18.9. The smallest absolute Gasteiger partial charge is 0.238 e. The number of nitrogens with one attached hydrogen (secondary N) is 2. The number of carbonyl (C=O) groups is 2. The Labute approximate surface area is 204 Å². The normalized spacial score (nSPS) is 18.2. The summed E-state index contributed by atoms with van der Waals surface area (Å²) < 4.78 is 0. The molecule has 7 heteroatoms. The van der Waals surface area contributed by atoms with E-state index in [1.807, 2.05) is 36.4 Å². The molecular formula is C27H28N4O2S. The molecule has 0 bridgehead atoms. The van der Waals surface area contributed by atoms with Crippen LogP contribution in [0.2, 0.25) is 0 Å². The van der Waals surface area contributed by atoms with Gasteiger partial charge in [0.15, 0.2) is 0 Å². The highest BCUT2D eigenvalue weighted by atomic mass is 32.2. The summed E-state index contributed by atoms with van der Waals surface area (Å²) in [6.45, 7) is 5.00. The van der Waals surface area contributed by atoms with Gasteiger partial charge in [0.1, 0.15) is 0 Å². The van der Waals surface area contributed by atoms with Crippen LogP contribution >= 0.6 is 11.8 Å². The number of para-hydroxylation sites is 1. The number of piperazine rings is 1. The van der Waals surface area contributed by atoms with E-state index in [0.717, 1.165) is 54.7 Å². The first kappa shape index (κ1) is 22.5. The fourth-order valence-corrected chi connectivity index (χ4v) is 5.48. The second kappa shape index (κ2) is 10.3. The molecule has 0 radical (unpaired) electrons. The number of amides is 2. The molecule has 0 aromatic heterocycles. The molecule has 2 heterocycles. The molecule has 3 aromatic rings.